The third kappa shape index (κ3) is 6.61. The van der Waals surface area contributed by atoms with Crippen LogP contribution in [0, 0.1) is 0 Å². The van der Waals surface area contributed by atoms with Crippen molar-refractivity contribution in [3.63, 3.8) is 0 Å². The van der Waals surface area contributed by atoms with Crippen LogP contribution in [0.5, 0.6) is 11.5 Å². The lowest BCUT2D eigenvalue weighted by Gasteiger charge is -2.14. The molecule has 1 amide bonds. The Morgan fingerprint density at radius 3 is 2.25 bits per heavy atom. The second kappa shape index (κ2) is 11.0. The van der Waals surface area contributed by atoms with Crippen molar-refractivity contribution in [2.24, 2.45) is 0 Å². The topological polar surface area (TPSA) is 73.9 Å². The van der Waals surface area contributed by atoms with Crippen molar-refractivity contribution in [1.82, 2.24) is 5.32 Å². The average molecular weight is 385 g/mol. The van der Waals surface area contributed by atoms with Gasteiger partial charge in [0, 0.05) is 6.54 Å². The van der Waals surface area contributed by atoms with E-state index in [4.69, 9.17) is 14.2 Å². The first-order valence-corrected chi connectivity index (χ1v) is 9.38. The number of carbonyl (C=O) groups excluding carboxylic acids is 2. The van der Waals surface area contributed by atoms with Gasteiger partial charge in [-0.15, -0.1) is 0 Å². The zero-order valence-corrected chi connectivity index (χ0v) is 16.6. The Kier molecular flexibility index (Phi) is 8.34. The number of unbranched alkanes of at least 4 members (excludes halogenated alkanes) is 1. The van der Waals surface area contributed by atoms with Crippen LogP contribution in [0.3, 0.4) is 0 Å². The van der Waals surface area contributed by atoms with Gasteiger partial charge in [0.05, 0.1) is 19.3 Å². The molecule has 0 aliphatic rings. The standard InChI is InChI=1S/C22H27NO5/c1-4-5-14-27-20-12-8-18(9-13-20)22(25)28-16(2)21(24)23-15-17-6-10-19(26-3)11-7-17/h6-13,16H,4-5,14-15H2,1-3H3,(H,23,24)/t16-/m0/s1. The van der Waals surface area contributed by atoms with Crippen LogP contribution >= 0.6 is 0 Å². The highest BCUT2D eigenvalue weighted by molar-refractivity contribution is 5.92. The molecule has 2 aromatic rings. The molecule has 0 heterocycles. The van der Waals surface area contributed by atoms with E-state index in [1.807, 2.05) is 24.3 Å². The molecule has 6 nitrogen and oxygen atoms in total. The van der Waals surface area contributed by atoms with E-state index in [0.29, 0.717) is 24.5 Å². The quantitative estimate of drug-likeness (QED) is 0.498. The van der Waals surface area contributed by atoms with E-state index in [1.165, 1.54) is 0 Å². The molecular formula is C22H27NO5. The molecule has 0 aliphatic heterocycles. The Morgan fingerprint density at radius 1 is 1.00 bits per heavy atom. The number of hydrogen-bond acceptors (Lipinski definition) is 5. The summed E-state index contributed by atoms with van der Waals surface area (Å²) in [5.41, 5.74) is 1.30. The van der Waals surface area contributed by atoms with Crippen LogP contribution in [0.4, 0.5) is 0 Å². The number of rotatable bonds is 10. The number of nitrogens with one attached hydrogen (secondary N) is 1. The lowest BCUT2D eigenvalue weighted by Crippen LogP contribution is -2.35. The zero-order valence-electron chi connectivity index (χ0n) is 16.6. The van der Waals surface area contributed by atoms with Gasteiger partial charge in [-0.3, -0.25) is 4.79 Å². The first kappa shape index (κ1) is 21.3. The lowest BCUT2D eigenvalue weighted by molar-refractivity contribution is -0.129. The second-order valence-corrected chi connectivity index (χ2v) is 6.34. The molecule has 0 bridgehead atoms. The Hall–Kier alpha value is -3.02. The molecule has 0 saturated heterocycles. The molecule has 0 radical (unpaired) electrons. The summed E-state index contributed by atoms with van der Waals surface area (Å²) in [7, 11) is 1.60. The van der Waals surface area contributed by atoms with E-state index in [-0.39, 0.29) is 5.91 Å². The van der Waals surface area contributed by atoms with E-state index in [9.17, 15) is 9.59 Å². The minimum absolute atomic E-state index is 0.342. The smallest absolute Gasteiger partial charge is 0.338 e. The van der Waals surface area contributed by atoms with Gasteiger partial charge in [-0.05, 0) is 55.3 Å². The van der Waals surface area contributed by atoms with Crippen LogP contribution in [0.25, 0.3) is 0 Å². The van der Waals surface area contributed by atoms with Gasteiger partial charge in [0.25, 0.3) is 5.91 Å². The number of ether oxygens (including phenoxy) is 3. The van der Waals surface area contributed by atoms with Gasteiger partial charge in [-0.1, -0.05) is 25.5 Å². The number of amides is 1. The third-order valence-corrected chi connectivity index (χ3v) is 4.14. The van der Waals surface area contributed by atoms with Crippen LogP contribution < -0.4 is 14.8 Å². The largest absolute Gasteiger partial charge is 0.497 e. The molecule has 0 saturated carbocycles. The van der Waals surface area contributed by atoms with Crippen molar-refractivity contribution in [2.45, 2.75) is 39.3 Å². The van der Waals surface area contributed by atoms with Crippen molar-refractivity contribution in [3.8, 4) is 11.5 Å². The van der Waals surface area contributed by atoms with Crippen LogP contribution in [0.2, 0.25) is 0 Å². The molecule has 0 spiro atoms. The van der Waals surface area contributed by atoms with Crippen LogP contribution in [0.1, 0.15) is 42.6 Å². The summed E-state index contributed by atoms with van der Waals surface area (Å²) < 4.78 is 15.9. The second-order valence-electron chi connectivity index (χ2n) is 6.34. The molecule has 150 valence electrons. The summed E-state index contributed by atoms with van der Waals surface area (Å²) in [4.78, 5) is 24.4. The maximum absolute atomic E-state index is 12.2. The molecule has 2 rings (SSSR count). The Morgan fingerprint density at radius 2 is 1.64 bits per heavy atom. The number of hydrogen-bond donors (Lipinski definition) is 1. The molecule has 28 heavy (non-hydrogen) atoms. The monoisotopic (exact) mass is 385 g/mol. The predicted molar refractivity (Wildman–Crippen MR) is 107 cm³/mol. The normalized spacial score (nSPS) is 11.4. The minimum atomic E-state index is -0.897. The maximum atomic E-state index is 12.2. The number of benzene rings is 2. The molecule has 1 N–H and O–H groups in total. The van der Waals surface area contributed by atoms with E-state index in [2.05, 4.69) is 12.2 Å². The first-order valence-electron chi connectivity index (χ1n) is 9.38. The minimum Gasteiger partial charge on any atom is -0.497 e. The number of esters is 1. The Balaban J connectivity index is 1.80. The highest BCUT2D eigenvalue weighted by atomic mass is 16.5. The SMILES string of the molecule is CCCCOc1ccc(C(=O)O[C@@H](C)C(=O)NCc2ccc(OC)cc2)cc1. The van der Waals surface area contributed by atoms with Gasteiger partial charge < -0.3 is 19.5 Å². The molecule has 0 fully saturated rings. The summed E-state index contributed by atoms with van der Waals surface area (Å²) in [5, 5.41) is 2.75. The molecular weight excluding hydrogens is 358 g/mol. The van der Waals surface area contributed by atoms with E-state index in [0.717, 1.165) is 24.2 Å². The van der Waals surface area contributed by atoms with Gasteiger partial charge in [0.1, 0.15) is 11.5 Å². The van der Waals surface area contributed by atoms with Crippen molar-refractivity contribution in [2.75, 3.05) is 13.7 Å². The lowest BCUT2D eigenvalue weighted by atomic mass is 10.2. The fourth-order valence-corrected chi connectivity index (χ4v) is 2.38. The van der Waals surface area contributed by atoms with Crippen LogP contribution in [-0.2, 0) is 16.1 Å². The van der Waals surface area contributed by atoms with Gasteiger partial charge in [0.2, 0.25) is 0 Å². The maximum Gasteiger partial charge on any atom is 0.338 e. The van der Waals surface area contributed by atoms with Crippen molar-refractivity contribution < 1.29 is 23.8 Å². The van der Waals surface area contributed by atoms with Crippen molar-refractivity contribution in [1.29, 1.82) is 0 Å². The Labute approximate surface area is 165 Å². The first-order chi connectivity index (χ1) is 13.5. The van der Waals surface area contributed by atoms with Crippen molar-refractivity contribution in [3.05, 3.63) is 59.7 Å². The molecule has 2 aromatic carbocycles. The van der Waals surface area contributed by atoms with Crippen LogP contribution in [0.15, 0.2) is 48.5 Å². The fraction of sp³-hybridized carbons (Fsp3) is 0.364. The van der Waals surface area contributed by atoms with Crippen LogP contribution in [-0.4, -0.2) is 31.7 Å². The average Bonchev–Trinajstić information content (AvgIpc) is 2.73. The summed E-state index contributed by atoms with van der Waals surface area (Å²) in [6.45, 7) is 4.63. The molecule has 0 aromatic heterocycles. The molecule has 0 aliphatic carbocycles. The van der Waals surface area contributed by atoms with Gasteiger partial charge in [-0.2, -0.15) is 0 Å². The zero-order chi connectivity index (χ0) is 20.4. The third-order valence-electron chi connectivity index (χ3n) is 4.14. The fourth-order valence-electron chi connectivity index (χ4n) is 2.38. The van der Waals surface area contributed by atoms with Gasteiger partial charge >= 0.3 is 5.97 Å². The highest BCUT2D eigenvalue weighted by Gasteiger charge is 2.18. The number of methoxy groups -OCH3 is 1. The predicted octanol–water partition coefficient (Wildman–Crippen LogP) is 3.74. The summed E-state index contributed by atoms with van der Waals surface area (Å²) >= 11 is 0. The molecule has 6 heteroatoms. The highest BCUT2D eigenvalue weighted by Crippen LogP contribution is 2.14. The van der Waals surface area contributed by atoms with Crippen molar-refractivity contribution >= 4 is 11.9 Å². The van der Waals surface area contributed by atoms with E-state index < -0.39 is 12.1 Å². The summed E-state index contributed by atoms with van der Waals surface area (Å²) in [5.74, 6) is 0.547. The Bertz CT molecular complexity index is 756. The number of carbonyl (C=O) groups is 2. The molecule has 0 unspecified atom stereocenters. The molecule has 1 atom stereocenters. The van der Waals surface area contributed by atoms with E-state index >= 15 is 0 Å². The summed E-state index contributed by atoms with van der Waals surface area (Å²) in [6, 6.07) is 14.1. The van der Waals surface area contributed by atoms with Gasteiger partial charge in [-0.25, -0.2) is 4.79 Å². The van der Waals surface area contributed by atoms with E-state index in [1.54, 1.807) is 38.3 Å². The van der Waals surface area contributed by atoms with Gasteiger partial charge in [0.15, 0.2) is 6.10 Å². The summed E-state index contributed by atoms with van der Waals surface area (Å²) in [6.07, 6.45) is 1.14.